The van der Waals surface area contributed by atoms with Gasteiger partial charge in [0.25, 0.3) is 0 Å². The SMILES string of the molecule is Cc1ccccc1NC(=O)CN1CCC[C@H]1C(=O)O.Cl. The summed E-state index contributed by atoms with van der Waals surface area (Å²) in [6.07, 6.45) is 1.45. The molecule has 1 amide bonds. The van der Waals surface area contributed by atoms with E-state index < -0.39 is 12.0 Å². The average Bonchev–Trinajstić information content (AvgIpc) is 2.80. The smallest absolute Gasteiger partial charge is 0.320 e. The van der Waals surface area contributed by atoms with Gasteiger partial charge in [0.1, 0.15) is 6.04 Å². The molecule has 2 N–H and O–H groups in total. The first-order chi connectivity index (χ1) is 9.08. The molecule has 1 heterocycles. The van der Waals surface area contributed by atoms with Crippen LogP contribution in [0.5, 0.6) is 0 Å². The van der Waals surface area contributed by atoms with Crippen molar-refractivity contribution in [2.75, 3.05) is 18.4 Å². The number of carbonyl (C=O) groups is 2. The van der Waals surface area contributed by atoms with Gasteiger partial charge in [0, 0.05) is 5.69 Å². The molecular weight excluding hydrogens is 280 g/mol. The number of para-hydroxylation sites is 1. The number of halogens is 1. The molecule has 0 spiro atoms. The number of rotatable bonds is 4. The molecule has 0 bridgehead atoms. The van der Waals surface area contributed by atoms with Crippen LogP contribution in [0.4, 0.5) is 5.69 Å². The minimum absolute atomic E-state index is 0. The van der Waals surface area contributed by atoms with Crippen molar-refractivity contribution >= 4 is 30.0 Å². The quantitative estimate of drug-likeness (QED) is 0.891. The van der Waals surface area contributed by atoms with Crippen molar-refractivity contribution in [3.8, 4) is 0 Å². The summed E-state index contributed by atoms with van der Waals surface area (Å²) in [4.78, 5) is 24.7. The van der Waals surface area contributed by atoms with Crippen LogP contribution in [0.1, 0.15) is 18.4 Å². The lowest BCUT2D eigenvalue weighted by atomic mass is 10.2. The molecule has 110 valence electrons. The number of hydrogen-bond donors (Lipinski definition) is 2. The molecule has 0 radical (unpaired) electrons. The van der Waals surface area contributed by atoms with Crippen LogP contribution in [0.3, 0.4) is 0 Å². The van der Waals surface area contributed by atoms with E-state index in [2.05, 4.69) is 5.32 Å². The van der Waals surface area contributed by atoms with Gasteiger partial charge in [0.15, 0.2) is 0 Å². The summed E-state index contributed by atoms with van der Waals surface area (Å²) in [6, 6.07) is 7.00. The molecule has 0 aliphatic carbocycles. The van der Waals surface area contributed by atoms with E-state index in [4.69, 9.17) is 5.11 Å². The molecule has 20 heavy (non-hydrogen) atoms. The molecule has 1 aliphatic rings. The lowest BCUT2D eigenvalue weighted by molar-refractivity contribution is -0.142. The van der Waals surface area contributed by atoms with Crippen molar-refractivity contribution in [2.45, 2.75) is 25.8 Å². The number of aryl methyl sites for hydroxylation is 1. The summed E-state index contributed by atoms with van der Waals surface area (Å²) in [7, 11) is 0. The van der Waals surface area contributed by atoms with Crippen LogP contribution in [0.15, 0.2) is 24.3 Å². The maximum Gasteiger partial charge on any atom is 0.320 e. The van der Waals surface area contributed by atoms with Crippen molar-refractivity contribution in [3.63, 3.8) is 0 Å². The molecule has 1 atom stereocenters. The third kappa shape index (κ3) is 3.95. The molecule has 1 fully saturated rings. The van der Waals surface area contributed by atoms with E-state index in [1.807, 2.05) is 31.2 Å². The van der Waals surface area contributed by atoms with E-state index in [9.17, 15) is 9.59 Å². The van der Waals surface area contributed by atoms with E-state index in [0.717, 1.165) is 17.7 Å². The Morgan fingerprint density at radius 2 is 2.10 bits per heavy atom. The highest BCUT2D eigenvalue weighted by molar-refractivity contribution is 5.93. The molecule has 1 aromatic carbocycles. The summed E-state index contributed by atoms with van der Waals surface area (Å²) in [5.41, 5.74) is 1.77. The lowest BCUT2D eigenvalue weighted by Gasteiger charge is -2.20. The van der Waals surface area contributed by atoms with Gasteiger partial charge in [0.05, 0.1) is 6.54 Å². The van der Waals surface area contributed by atoms with E-state index in [1.54, 1.807) is 4.90 Å². The second kappa shape index (κ2) is 7.26. The lowest BCUT2D eigenvalue weighted by Crippen LogP contribution is -2.40. The topological polar surface area (TPSA) is 69.6 Å². The maximum absolute atomic E-state index is 11.9. The number of hydrogen-bond acceptors (Lipinski definition) is 3. The minimum Gasteiger partial charge on any atom is -0.480 e. The first-order valence-electron chi connectivity index (χ1n) is 6.40. The van der Waals surface area contributed by atoms with Crippen molar-refractivity contribution in [1.82, 2.24) is 4.90 Å². The van der Waals surface area contributed by atoms with Gasteiger partial charge in [-0.2, -0.15) is 0 Å². The Kier molecular flexibility index (Phi) is 5.98. The molecule has 1 aliphatic heterocycles. The van der Waals surface area contributed by atoms with Crippen LogP contribution in [0.25, 0.3) is 0 Å². The number of aliphatic carboxylic acids is 1. The number of nitrogens with zero attached hydrogens (tertiary/aromatic N) is 1. The summed E-state index contributed by atoms with van der Waals surface area (Å²) in [5, 5.41) is 11.9. The van der Waals surface area contributed by atoms with Gasteiger partial charge in [-0.3, -0.25) is 14.5 Å². The van der Waals surface area contributed by atoms with Crippen molar-refractivity contribution < 1.29 is 14.7 Å². The highest BCUT2D eigenvalue weighted by atomic mass is 35.5. The second-order valence-corrected chi connectivity index (χ2v) is 4.83. The van der Waals surface area contributed by atoms with E-state index in [1.165, 1.54) is 0 Å². The van der Waals surface area contributed by atoms with Crippen molar-refractivity contribution in [1.29, 1.82) is 0 Å². The first-order valence-corrected chi connectivity index (χ1v) is 6.40. The number of amides is 1. The highest BCUT2D eigenvalue weighted by Gasteiger charge is 2.31. The standard InChI is InChI=1S/C14H18N2O3.ClH/c1-10-5-2-3-6-11(10)15-13(17)9-16-8-4-7-12(16)14(18)19;/h2-3,5-6,12H,4,7-9H2,1H3,(H,15,17)(H,18,19);1H/t12-;/m0./s1. The zero-order valence-electron chi connectivity index (χ0n) is 11.3. The Morgan fingerprint density at radius 3 is 2.75 bits per heavy atom. The minimum atomic E-state index is -0.846. The Labute approximate surface area is 124 Å². The summed E-state index contributed by atoms with van der Waals surface area (Å²) >= 11 is 0. The summed E-state index contributed by atoms with van der Waals surface area (Å²) in [6.45, 7) is 2.72. The second-order valence-electron chi connectivity index (χ2n) is 4.83. The predicted molar refractivity (Wildman–Crippen MR) is 79.3 cm³/mol. The third-order valence-corrected chi connectivity index (χ3v) is 3.41. The van der Waals surface area contributed by atoms with Crippen LogP contribution in [0, 0.1) is 6.92 Å². The summed E-state index contributed by atoms with van der Waals surface area (Å²) < 4.78 is 0. The molecule has 0 unspecified atom stereocenters. The van der Waals surface area contributed by atoms with Gasteiger partial charge in [-0.15, -0.1) is 12.4 Å². The van der Waals surface area contributed by atoms with Crippen LogP contribution in [-0.2, 0) is 9.59 Å². The maximum atomic E-state index is 11.9. The summed E-state index contributed by atoms with van der Waals surface area (Å²) in [5.74, 6) is -1.01. The Hall–Kier alpha value is -1.59. The number of benzene rings is 1. The molecule has 2 rings (SSSR count). The van der Waals surface area contributed by atoms with Gasteiger partial charge in [-0.25, -0.2) is 0 Å². The first kappa shape index (κ1) is 16.5. The van der Waals surface area contributed by atoms with Crippen LogP contribution in [-0.4, -0.2) is 41.0 Å². The molecule has 0 saturated carbocycles. The fourth-order valence-corrected chi connectivity index (χ4v) is 2.38. The van der Waals surface area contributed by atoms with Crippen LogP contribution in [0.2, 0.25) is 0 Å². The number of anilines is 1. The van der Waals surface area contributed by atoms with E-state index in [0.29, 0.717) is 13.0 Å². The predicted octanol–water partition coefficient (Wildman–Crippen LogP) is 1.90. The molecule has 6 heteroatoms. The largest absolute Gasteiger partial charge is 0.480 e. The number of carboxylic acids is 1. The van der Waals surface area contributed by atoms with Crippen LogP contribution < -0.4 is 5.32 Å². The van der Waals surface area contributed by atoms with Crippen LogP contribution >= 0.6 is 12.4 Å². The Morgan fingerprint density at radius 1 is 1.40 bits per heavy atom. The third-order valence-electron chi connectivity index (χ3n) is 3.41. The Balaban J connectivity index is 0.00000200. The molecule has 0 aromatic heterocycles. The zero-order chi connectivity index (χ0) is 13.8. The molecule has 1 aromatic rings. The zero-order valence-corrected chi connectivity index (χ0v) is 12.2. The number of nitrogens with one attached hydrogen (secondary N) is 1. The fraction of sp³-hybridized carbons (Fsp3) is 0.429. The molecule has 1 saturated heterocycles. The van der Waals surface area contributed by atoms with Crippen molar-refractivity contribution in [2.24, 2.45) is 0 Å². The molecular formula is C14H19ClN2O3. The average molecular weight is 299 g/mol. The van der Waals surface area contributed by atoms with E-state index >= 15 is 0 Å². The monoisotopic (exact) mass is 298 g/mol. The number of likely N-dealkylation sites (tertiary alicyclic amines) is 1. The van der Waals surface area contributed by atoms with E-state index in [-0.39, 0.29) is 24.9 Å². The van der Waals surface area contributed by atoms with Gasteiger partial charge >= 0.3 is 5.97 Å². The van der Waals surface area contributed by atoms with Gasteiger partial charge in [-0.05, 0) is 37.9 Å². The van der Waals surface area contributed by atoms with Crippen molar-refractivity contribution in [3.05, 3.63) is 29.8 Å². The highest BCUT2D eigenvalue weighted by Crippen LogP contribution is 2.18. The fourth-order valence-electron chi connectivity index (χ4n) is 2.38. The Bertz CT molecular complexity index is 493. The van der Waals surface area contributed by atoms with Gasteiger partial charge in [-0.1, -0.05) is 18.2 Å². The molecule has 5 nitrogen and oxygen atoms in total. The number of carbonyl (C=O) groups excluding carboxylic acids is 1. The van der Waals surface area contributed by atoms with Gasteiger partial charge in [0.2, 0.25) is 5.91 Å². The number of carboxylic acid groups (broad SMARTS) is 1. The normalized spacial score (nSPS) is 18.4. The van der Waals surface area contributed by atoms with Gasteiger partial charge < -0.3 is 10.4 Å².